The number of hydrogen-bond acceptors (Lipinski definition) is 3. The van der Waals surface area contributed by atoms with Gasteiger partial charge in [-0.15, -0.1) is 0 Å². The third-order valence-corrected chi connectivity index (χ3v) is 5.00. The minimum absolute atomic E-state index is 0.0687. The SMILES string of the molecule is CCCCc1ccc(-n2c(C)cc(/C=N\NC(=O)c3ccccc3O)c2C)cc1. The van der Waals surface area contributed by atoms with Crippen LogP contribution >= 0.6 is 0 Å². The number of aromatic hydroxyl groups is 1. The predicted molar refractivity (Wildman–Crippen MR) is 117 cm³/mol. The Hall–Kier alpha value is -3.34. The first-order valence-corrected chi connectivity index (χ1v) is 9.91. The first kappa shape index (κ1) is 20.4. The highest BCUT2D eigenvalue weighted by atomic mass is 16.3. The lowest BCUT2D eigenvalue weighted by molar-refractivity contribution is 0.0952. The molecular formula is C24H27N3O2. The lowest BCUT2D eigenvalue weighted by atomic mass is 10.1. The number of rotatable bonds is 7. The predicted octanol–water partition coefficient (Wildman–Crippen LogP) is 4.91. The molecule has 0 spiro atoms. The third kappa shape index (κ3) is 4.74. The van der Waals surface area contributed by atoms with E-state index < -0.39 is 5.91 Å². The molecule has 3 rings (SSSR count). The smallest absolute Gasteiger partial charge is 0.275 e. The summed E-state index contributed by atoms with van der Waals surface area (Å²) in [5, 5.41) is 13.8. The maximum Gasteiger partial charge on any atom is 0.275 e. The number of nitrogens with zero attached hydrogens (tertiary/aromatic N) is 2. The van der Waals surface area contributed by atoms with Crippen LogP contribution in [0, 0.1) is 13.8 Å². The molecule has 0 fully saturated rings. The second kappa shape index (κ2) is 9.24. The van der Waals surface area contributed by atoms with Crippen LogP contribution in [0.5, 0.6) is 5.75 Å². The standard InChI is InChI=1S/C24H27N3O2/c1-4-5-8-19-11-13-21(14-12-19)27-17(2)15-20(18(27)3)16-25-26-24(29)22-9-6-7-10-23(22)28/h6-7,9-16,28H,4-5,8H2,1-3H3,(H,26,29)/b25-16-. The molecule has 2 N–H and O–H groups in total. The number of aryl methyl sites for hydroxylation is 2. The van der Waals surface area contributed by atoms with Crippen LogP contribution in [0.1, 0.15) is 52.6 Å². The minimum atomic E-state index is -0.448. The normalized spacial score (nSPS) is 11.1. The van der Waals surface area contributed by atoms with Gasteiger partial charge < -0.3 is 9.67 Å². The van der Waals surface area contributed by atoms with Crippen LogP contribution in [0.15, 0.2) is 59.7 Å². The molecule has 29 heavy (non-hydrogen) atoms. The fourth-order valence-electron chi connectivity index (χ4n) is 3.39. The third-order valence-electron chi connectivity index (χ3n) is 5.00. The second-order valence-corrected chi connectivity index (χ2v) is 7.15. The second-order valence-electron chi connectivity index (χ2n) is 7.15. The number of phenolic OH excluding ortho intramolecular Hbond substituents is 1. The number of phenols is 1. The Balaban J connectivity index is 1.74. The highest BCUT2D eigenvalue weighted by molar-refractivity contribution is 5.97. The van der Waals surface area contributed by atoms with E-state index in [0.717, 1.165) is 29.1 Å². The average molecular weight is 389 g/mol. The Bertz CT molecular complexity index is 1020. The number of nitrogens with one attached hydrogen (secondary N) is 1. The molecule has 0 radical (unpaired) electrons. The summed E-state index contributed by atoms with van der Waals surface area (Å²) < 4.78 is 2.18. The fourth-order valence-corrected chi connectivity index (χ4v) is 3.39. The Morgan fingerprint density at radius 2 is 1.86 bits per heavy atom. The van der Waals surface area contributed by atoms with Crippen LogP contribution in [0.4, 0.5) is 0 Å². The van der Waals surface area contributed by atoms with Crippen molar-refractivity contribution in [3.05, 3.63) is 82.7 Å². The molecule has 3 aromatic rings. The van der Waals surface area contributed by atoms with E-state index in [9.17, 15) is 9.90 Å². The van der Waals surface area contributed by atoms with E-state index in [1.54, 1.807) is 24.4 Å². The zero-order valence-corrected chi connectivity index (χ0v) is 17.1. The van der Waals surface area contributed by atoms with E-state index >= 15 is 0 Å². The summed E-state index contributed by atoms with van der Waals surface area (Å²) in [5.74, 6) is -0.517. The maximum atomic E-state index is 12.2. The number of carbonyl (C=O) groups is 1. The van der Waals surface area contributed by atoms with Crippen LogP contribution in [0.25, 0.3) is 5.69 Å². The van der Waals surface area contributed by atoms with Crippen LogP contribution in [-0.2, 0) is 6.42 Å². The molecule has 150 valence electrons. The van der Waals surface area contributed by atoms with E-state index in [1.165, 1.54) is 24.5 Å². The molecule has 1 amide bonds. The zero-order valence-electron chi connectivity index (χ0n) is 17.1. The summed E-state index contributed by atoms with van der Waals surface area (Å²) in [6, 6.07) is 17.1. The van der Waals surface area contributed by atoms with E-state index in [-0.39, 0.29) is 11.3 Å². The lowest BCUT2D eigenvalue weighted by Crippen LogP contribution is -2.17. The van der Waals surface area contributed by atoms with Gasteiger partial charge in [-0.3, -0.25) is 4.79 Å². The van der Waals surface area contributed by atoms with Crippen molar-refractivity contribution in [2.45, 2.75) is 40.0 Å². The number of para-hydroxylation sites is 1. The number of hydrazone groups is 1. The highest BCUT2D eigenvalue weighted by Crippen LogP contribution is 2.21. The molecule has 0 aliphatic carbocycles. The Morgan fingerprint density at radius 1 is 1.14 bits per heavy atom. The van der Waals surface area contributed by atoms with Crippen molar-refractivity contribution < 1.29 is 9.90 Å². The van der Waals surface area contributed by atoms with Crippen molar-refractivity contribution in [1.82, 2.24) is 9.99 Å². The van der Waals surface area contributed by atoms with Crippen molar-refractivity contribution in [3.63, 3.8) is 0 Å². The van der Waals surface area contributed by atoms with Crippen LogP contribution < -0.4 is 5.43 Å². The van der Waals surface area contributed by atoms with E-state index in [1.807, 2.05) is 13.0 Å². The van der Waals surface area contributed by atoms with E-state index in [4.69, 9.17) is 0 Å². The quantitative estimate of drug-likeness (QED) is 0.445. The van der Waals surface area contributed by atoms with Crippen LogP contribution in [0.2, 0.25) is 0 Å². The molecule has 5 nitrogen and oxygen atoms in total. The van der Waals surface area contributed by atoms with Gasteiger partial charge in [0.1, 0.15) is 5.75 Å². The molecule has 0 bridgehead atoms. The summed E-state index contributed by atoms with van der Waals surface area (Å²) >= 11 is 0. The molecule has 0 saturated heterocycles. The van der Waals surface area contributed by atoms with E-state index in [2.05, 4.69) is 53.2 Å². The zero-order chi connectivity index (χ0) is 20.8. The summed E-state index contributed by atoms with van der Waals surface area (Å²) in [6.45, 7) is 6.29. The Labute approximate surface area is 171 Å². The molecule has 0 unspecified atom stereocenters. The van der Waals surface area contributed by atoms with Gasteiger partial charge in [0.15, 0.2) is 0 Å². The van der Waals surface area contributed by atoms with Crippen molar-refractivity contribution in [1.29, 1.82) is 0 Å². The number of benzene rings is 2. The van der Waals surface area contributed by atoms with Crippen molar-refractivity contribution in [2.24, 2.45) is 5.10 Å². The van der Waals surface area contributed by atoms with Gasteiger partial charge in [-0.05, 0) is 62.6 Å². The van der Waals surface area contributed by atoms with Gasteiger partial charge in [0.25, 0.3) is 5.91 Å². The number of hydrogen-bond donors (Lipinski definition) is 2. The van der Waals surface area contributed by atoms with Gasteiger partial charge in [-0.25, -0.2) is 5.43 Å². The van der Waals surface area contributed by atoms with Crippen LogP contribution in [-0.4, -0.2) is 21.8 Å². The van der Waals surface area contributed by atoms with Gasteiger partial charge in [0.2, 0.25) is 0 Å². The van der Waals surface area contributed by atoms with Crippen molar-refractivity contribution in [3.8, 4) is 11.4 Å². The average Bonchev–Trinajstić information content (AvgIpc) is 3.00. The Morgan fingerprint density at radius 3 is 2.55 bits per heavy atom. The monoisotopic (exact) mass is 389 g/mol. The molecule has 2 aromatic carbocycles. The minimum Gasteiger partial charge on any atom is -0.507 e. The first-order valence-electron chi connectivity index (χ1n) is 9.91. The molecular weight excluding hydrogens is 362 g/mol. The maximum absolute atomic E-state index is 12.2. The van der Waals surface area contributed by atoms with Crippen LogP contribution in [0.3, 0.4) is 0 Å². The summed E-state index contributed by atoms with van der Waals surface area (Å²) in [6.07, 6.45) is 5.13. The van der Waals surface area contributed by atoms with Gasteiger partial charge >= 0.3 is 0 Å². The number of amides is 1. The number of aromatic nitrogens is 1. The van der Waals surface area contributed by atoms with Gasteiger partial charge in [0, 0.05) is 22.6 Å². The molecule has 1 heterocycles. The molecule has 0 aliphatic heterocycles. The van der Waals surface area contributed by atoms with Gasteiger partial charge in [0.05, 0.1) is 11.8 Å². The Kier molecular flexibility index (Phi) is 6.50. The van der Waals surface area contributed by atoms with Crippen molar-refractivity contribution >= 4 is 12.1 Å². The largest absolute Gasteiger partial charge is 0.507 e. The molecule has 0 aliphatic rings. The molecule has 0 saturated carbocycles. The summed E-state index contributed by atoms with van der Waals surface area (Å²) in [5.41, 5.74) is 8.19. The summed E-state index contributed by atoms with van der Waals surface area (Å²) in [7, 11) is 0. The molecule has 1 aromatic heterocycles. The highest BCUT2D eigenvalue weighted by Gasteiger charge is 2.11. The lowest BCUT2D eigenvalue weighted by Gasteiger charge is -2.10. The van der Waals surface area contributed by atoms with Crippen molar-refractivity contribution in [2.75, 3.05) is 0 Å². The number of carbonyl (C=O) groups excluding carboxylic acids is 1. The molecule has 5 heteroatoms. The number of unbranched alkanes of at least 4 members (excludes halogenated alkanes) is 1. The summed E-state index contributed by atoms with van der Waals surface area (Å²) in [4.78, 5) is 12.2. The van der Waals surface area contributed by atoms with Gasteiger partial charge in [-0.1, -0.05) is 37.6 Å². The first-order chi connectivity index (χ1) is 14.0. The topological polar surface area (TPSA) is 66.6 Å². The van der Waals surface area contributed by atoms with Gasteiger partial charge in [-0.2, -0.15) is 5.10 Å². The molecule has 0 atom stereocenters. The fraction of sp³-hybridized carbons (Fsp3) is 0.250. The van der Waals surface area contributed by atoms with E-state index in [0.29, 0.717) is 0 Å².